The average molecular weight is 343 g/mol. The molecular formula is C19H25N3O3. The number of carbonyl (C=O) groups excluding carboxylic acids is 1. The summed E-state index contributed by atoms with van der Waals surface area (Å²) < 4.78 is 11.2. The Balaban J connectivity index is 1.48. The Morgan fingerprint density at radius 2 is 1.92 bits per heavy atom. The number of fused-ring (bicyclic) bond motifs is 1. The van der Waals surface area contributed by atoms with Crippen LogP contribution in [0.3, 0.4) is 0 Å². The average Bonchev–Trinajstić information content (AvgIpc) is 3.10. The molecule has 2 aliphatic rings. The summed E-state index contributed by atoms with van der Waals surface area (Å²) in [6.45, 7) is 3.41. The lowest BCUT2D eigenvalue weighted by Gasteiger charge is -2.46. The Morgan fingerprint density at radius 1 is 1.16 bits per heavy atom. The predicted molar refractivity (Wildman–Crippen MR) is 94.1 cm³/mol. The van der Waals surface area contributed by atoms with Gasteiger partial charge in [-0.1, -0.05) is 31.4 Å². The van der Waals surface area contributed by atoms with Gasteiger partial charge in [0.05, 0.1) is 19.8 Å². The van der Waals surface area contributed by atoms with Gasteiger partial charge < -0.3 is 14.5 Å². The summed E-state index contributed by atoms with van der Waals surface area (Å²) in [5, 5.41) is 3.09. The van der Waals surface area contributed by atoms with Crippen LogP contribution in [0, 0.1) is 0 Å². The van der Waals surface area contributed by atoms with Gasteiger partial charge in [0.15, 0.2) is 5.58 Å². The van der Waals surface area contributed by atoms with Crippen LogP contribution in [0.15, 0.2) is 28.7 Å². The first-order chi connectivity index (χ1) is 12.3. The number of ether oxygens (including phenoxy) is 1. The summed E-state index contributed by atoms with van der Waals surface area (Å²) in [7, 11) is 0. The summed E-state index contributed by atoms with van der Waals surface area (Å²) in [5.74, 6) is 0.666. The Kier molecular flexibility index (Phi) is 4.72. The Morgan fingerprint density at radius 3 is 2.68 bits per heavy atom. The van der Waals surface area contributed by atoms with Gasteiger partial charge in [-0.15, -0.1) is 0 Å². The van der Waals surface area contributed by atoms with Gasteiger partial charge in [0, 0.05) is 13.1 Å². The zero-order valence-electron chi connectivity index (χ0n) is 14.5. The molecule has 1 aliphatic heterocycles. The zero-order chi connectivity index (χ0) is 17.1. The van der Waals surface area contributed by atoms with Crippen molar-refractivity contribution < 1.29 is 13.9 Å². The van der Waals surface area contributed by atoms with Crippen LogP contribution < -0.4 is 5.32 Å². The molecule has 1 N–H and O–H groups in total. The van der Waals surface area contributed by atoms with Crippen molar-refractivity contribution in [2.75, 3.05) is 26.3 Å². The standard InChI is InChI=1S/C19H25N3O3/c23-18(20-14-17-21-15-6-2-3-7-16(15)25-17)19(8-4-1-5-9-19)22-10-12-24-13-11-22/h2-3,6-7H,1,4-5,8-14H2,(H,20,23). The van der Waals surface area contributed by atoms with Crippen LogP contribution >= 0.6 is 0 Å². The predicted octanol–water partition coefficient (Wildman–Crippen LogP) is 2.48. The van der Waals surface area contributed by atoms with Crippen molar-refractivity contribution in [2.24, 2.45) is 0 Å². The molecule has 6 heteroatoms. The fraction of sp³-hybridized carbons (Fsp3) is 0.579. The summed E-state index contributed by atoms with van der Waals surface area (Å²) in [5.41, 5.74) is 1.19. The highest BCUT2D eigenvalue weighted by atomic mass is 16.5. The number of nitrogens with one attached hydrogen (secondary N) is 1. The molecule has 1 saturated heterocycles. The number of carbonyl (C=O) groups is 1. The van der Waals surface area contributed by atoms with E-state index in [0.717, 1.165) is 49.9 Å². The number of benzene rings is 1. The lowest BCUT2D eigenvalue weighted by Crippen LogP contribution is -2.62. The summed E-state index contributed by atoms with van der Waals surface area (Å²) in [6, 6.07) is 7.67. The Labute approximate surface area is 147 Å². The van der Waals surface area contributed by atoms with Crippen molar-refractivity contribution in [1.82, 2.24) is 15.2 Å². The molecule has 0 bridgehead atoms. The van der Waals surface area contributed by atoms with Gasteiger partial charge in [0.25, 0.3) is 0 Å². The molecule has 134 valence electrons. The van der Waals surface area contributed by atoms with Crippen molar-refractivity contribution in [1.29, 1.82) is 0 Å². The van der Waals surface area contributed by atoms with Crippen LogP contribution in [0.2, 0.25) is 0 Å². The molecule has 2 aromatic rings. The molecule has 1 aliphatic carbocycles. The van der Waals surface area contributed by atoms with Crippen molar-refractivity contribution in [3.05, 3.63) is 30.2 Å². The molecule has 2 fully saturated rings. The minimum atomic E-state index is -0.395. The van der Waals surface area contributed by atoms with E-state index in [2.05, 4.69) is 15.2 Å². The minimum Gasteiger partial charge on any atom is -0.439 e. The number of hydrogen-bond acceptors (Lipinski definition) is 5. The van der Waals surface area contributed by atoms with Crippen LogP contribution in [-0.2, 0) is 16.1 Å². The number of morpholine rings is 1. The second-order valence-corrected chi connectivity index (χ2v) is 6.95. The number of aromatic nitrogens is 1. The maximum absolute atomic E-state index is 13.1. The van der Waals surface area contributed by atoms with E-state index < -0.39 is 5.54 Å². The second kappa shape index (κ2) is 7.14. The van der Waals surface area contributed by atoms with E-state index in [9.17, 15) is 4.79 Å². The molecule has 0 atom stereocenters. The van der Waals surface area contributed by atoms with E-state index in [1.165, 1.54) is 6.42 Å². The molecule has 0 radical (unpaired) electrons. The number of amides is 1. The van der Waals surface area contributed by atoms with Crippen molar-refractivity contribution in [3.8, 4) is 0 Å². The van der Waals surface area contributed by atoms with Crippen LogP contribution in [0.1, 0.15) is 38.0 Å². The molecule has 25 heavy (non-hydrogen) atoms. The highest BCUT2D eigenvalue weighted by Gasteiger charge is 2.44. The van der Waals surface area contributed by atoms with Crippen LogP contribution in [-0.4, -0.2) is 47.6 Å². The maximum atomic E-state index is 13.1. The number of para-hydroxylation sites is 2. The van der Waals surface area contributed by atoms with Gasteiger partial charge in [-0.3, -0.25) is 9.69 Å². The molecule has 2 heterocycles. The fourth-order valence-corrected chi connectivity index (χ4v) is 4.13. The van der Waals surface area contributed by atoms with E-state index in [1.807, 2.05) is 24.3 Å². The minimum absolute atomic E-state index is 0.108. The second-order valence-electron chi connectivity index (χ2n) is 6.95. The van der Waals surface area contributed by atoms with Crippen molar-refractivity contribution in [2.45, 2.75) is 44.2 Å². The third kappa shape index (κ3) is 3.28. The van der Waals surface area contributed by atoms with Crippen molar-refractivity contribution >= 4 is 17.0 Å². The lowest BCUT2D eigenvalue weighted by atomic mass is 9.79. The van der Waals surface area contributed by atoms with Gasteiger partial charge in [-0.2, -0.15) is 0 Å². The van der Waals surface area contributed by atoms with E-state index >= 15 is 0 Å². The zero-order valence-corrected chi connectivity index (χ0v) is 14.5. The first-order valence-corrected chi connectivity index (χ1v) is 9.23. The fourth-order valence-electron chi connectivity index (χ4n) is 4.13. The molecular weight excluding hydrogens is 318 g/mol. The third-order valence-corrected chi connectivity index (χ3v) is 5.46. The van der Waals surface area contributed by atoms with Crippen LogP contribution in [0.25, 0.3) is 11.1 Å². The highest BCUT2D eigenvalue weighted by Crippen LogP contribution is 2.34. The van der Waals surface area contributed by atoms with E-state index in [0.29, 0.717) is 25.6 Å². The molecule has 0 spiro atoms. The number of rotatable bonds is 4. The largest absolute Gasteiger partial charge is 0.439 e. The number of oxazole rings is 1. The highest BCUT2D eigenvalue weighted by molar-refractivity contribution is 5.86. The van der Waals surface area contributed by atoms with E-state index in [1.54, 1.807) is 0 Å². The quantitative estimate of drug-likeness (QED) is 0.924. The molecule has 4 rings (SSSR count). The van der Waals surface area contributed by atoms with Gasteiger partial charge in [0.2, 0.25) is 11.8 Å². The van der Waals surface area contributed by atoms with Gasteiger partial charge >= 0.3 is 0 Å². The smallest absolute Gasteiger partial charge is 0.240 e. The first-order valence-electron chi connectivity index (χ1n) is 9.23. The molecule has 1 aromatic heterocycles. The molecule has 6 nitrogen and oxygen atoms in total. The number of nitrogens with zero attached hydrogens (tertiary/aromatic N) is 2. The first kappa shape index (κ1) is 16.5. The monoisotopic (exact) mass is 343 g/mol. The molecule has 1 amide bonds. The molecule has 1 aromatic carbocycles. The Hall–Kier alpha value is -1.92. The van der Waals surface area contributed by atoms with Crippen LogP contribution in [0.5, 0.6) is 0 Å². The molecule has 0 unspecified atom stereocenters. The summed E-state index contributed by atoms with van der Waals surface area (Å²) in [4.78, 5) is 19.9. The normalized spacial score (nSPS) is 21.3. The van der Waals surface area contributed by atoms with E-state index in [-0.39, 0.29) is 5.91 Å². The number of hydrogen-bond donors (Lipinski definition) is 1. The maximum Gasteiger partial charge on any atom is 0.240 e. The Bertz CT molecular complexity index is 697. The van der Waals surface area contributed by atoms with Gasteiger partial charge in [-0.05, 0) is 25.0 Å². The summed E-state index contributed by atoms with van der Waals surface area (Å²) in [6.07, 6.45) is 5.27. The SMILES string of the molecule is O=C(NCc1nc2ccccc2o1)C1(N2CCOCC2)CCCCC1. The molecule has 1 saturated carbocycles. The topological polar surface area (TPSA) is 67.6 Å². The summed E-state index contributed by atoms with van der Waals surface area (Å²) >= 11 is 0. The van der Waals surface area contributed by atoms with Crippen LogP contribution in [0.4, 0.5) is 0 Å². The lowest BCUT2D eigenvalue weighted by molar-refractivity contribution is -0.140. The van der Waals surface area contributed by atoms with Gasteiger partial charge in [0.1, 0.15) is 11.1 Å². The van der Waals surface area contributed by atoms with E-state index in [4.69, 9.17) is 9.15 Å². The van der Waals surface area contributed by atoms with Gasteiger partial charge in [-0.25, -0.2) is 4.98 Å². The third-order valence-electron chi connectivity index (χ3n) is 5.46. The van der Waals surface area contributed by atoms with Crippen molar-refractivity contribution in [3.63, 3.8) is 0 Å².